The lowest BCUT2D eigenvalue weighted by atomic mass is 9.83. The maximum Gasteiger partial charge on any atom is 0.416 e. The number of Topliss-reactive ketones (excluding diaryl/α,β-unsaturated/α-hetero) is 1. The lowest BCUT2D eigenvalue weighted by molar-refractivity contribution is -0.137. The number of halogens is 3. The Morgan fingerprint density at radius 1 is 1.17 bits per heavy atom. The largest absolute Gasteiger partial charge is 0.416 e. The van der Waals surface area contributed by atoms with Gasteiger partial charge in [0.15, 0.2) is 5.78 Å². The number of hydrogen-bond donors (Lipinski definition) is 0. The Hall–Kier alpha value is -1.17. The van der Waals surface area contributed by atoms with Gasteiger partial charge < -0.3 is 0 Å². The minimum absolute atomic E-state index is 0.0752. The first-order valence-electron chi connectivity index (χ1n) is 7.89. The molecule has 1 aromatic rings. The van der Waals surface area contributed by atoms with E-state index < -0.39 is 22.5 Å². The molecule has 0 aromatic heterocycles. The molecule has 0 radical (unpaired) electrons. The smallest absolute Gasteiger partial charge is 0.294 e. The summed E-state index contributed by atoms with van der Waals surface area (Å²) in [6.07, 6.45) is -0.366. The first kappa shape index (κ1) is 16.7. The van der Waals surface area contributed by atoms with Crippen molar-refractivity contribution in [2.24, 2.45) is 5.92 Å². The molecule has 3 rings (SSSR count). The van der Waals surface area contributed by atoms with Crippen LogP contribution in [0.15, 0.2) is 18.2 Å². The van der Waals surface area contributed by atoms with Gasteiger partial charge in [-0.2, -0.15) is 13.2 Å². The second kappa shape index (κ2) is 6.04. The molecule has 0 saturated carbocycles. The molecule has 0 amide bonds. The van der Waals surface area contributed by atoms with Crippen LogP contribution in [0.4, 0.5) is 13.2 Å². The van der Waals surface area contributed by atoms with Crippen LogP contribution in [0.5, 0.6) is 0 Å². The standard InChI is InChI=1S/C17H19F3O2S/c1-10-7-12(17(18,19)20)5-6-15(10)16(21)11-8-13-3-2-4-14(9-11)23(13)22/h5-7,11,13-14H,2-4,8-9H2,1H3. The van der Waals surface area contributed by atoms with Crippen LogP contribution in [-0.4, -0.2) is 20.5 Å². The fourth-order valence-corrected chi connectivity index (χ4v) is 5.97. The minimum atomic E-state index is -4.40. The van der Waals surface area contributed by atoms with E-state index in [1.165, 1.54) is 6.07 Å². The second-order valence-electron chi connectivity index (χ2n) is 6.56. The van der Waals surface area contributed by atoms with Gasteiger partial charge in [-0.05, 0) is 50.3 Å². The van der Waals surface area contributed by atoms with E-state index in [0.29, 0.717) is 24.0 Å². The molecule has 0 aliphatic carbocycles. The van der Waals surface area contributed by atoms with Gasteiger partial charge in [0.1, 0.15) is 0 Å². The van der Waals surface area contributed by atoms with Crippen molar-refractivity contribution in [1.29, 1.82) is 0 Å². The molecule has 2 heterocycles. The number of ketones is 1. The Balaban J connectivity index is 1.82. The van der Waals surface area contributed by atoms with Gasteiger partial charge in [0.05, 0.1) is 5.56 Å². The number of carbonyl (C=O) groups excluding carboxylic acids is 1. The first-order chi connectivity index (χ1) is 10.8. The van der Waals surface area contributed by atoms with E-state index in [2.05, 4.69) is 0 Å². The monoisotopic (exact) mass is 344 g/mol. The van der Waals surface area contributed by atoms with Gasteiger partial charge in [-0.3, -0.25) is 9.00 Å². The van der Waals surface area contributed by atoms with Crippen LogP contribution < -0.4 is 0 Å². The summed E-state index contributed by atoms with van der Waals surface area (Å²) in [7, 11) is -0.851. The topological polar surface area (TPSA) is 34.1 Å². The normalized spacial score (nSPS) is 31.0. The highest BCUT2D eigenvalue weighted by molar-refractivity contribution is 7.86. The zero-order valence-corrected chi connectivity index (χ0v) is 13.7. The molecule has 2 nitrogen and oxygen atoms in total. The van der Waals surface area contributed by atoms with Gasteiger partial charge in [0.25, 0.3) is 0 Å². The summed E-state index contributed by atoms with van der Waals surface area (Å²) in [4.78, 5) is 12.7. The van der Waals surface area contributed by atoms with E-state index in [0.717, 1.165) is 31.4 Å². The lowest BCUT2D eigenvalue weighted by Crippen LogP contribution is -2.41. The number of benzene rings is 1. The molecule has 23 heavy (non-hydrogen) atoms. The van der Waals surface area contributed by atoms with Gasteiger partial charge in [-0.25, -0.2) is 0 Å². The van der Waals surface area contributed by atoms with E-state index in [1.54, 1.807) is 6.92 Å². The summed E-state index contributed by atoms with van der Waals surface area (Å²) in [5, 5.41) is 0.150. The quantitative estimate of drug-likeness (QED) is 0.751. The van der Waals surface area contributed by atoms with Gasteiger partial charge in [-0.1, -0.05) is 12.5 Å². The Kier molecular flexibility index (Phi) is 4.38. The van der Waals surface area contributed by atoms with Gasteiger partial charge >= 0.3 is 6.18 Å². The Bertz CT molecular complexity index is 638. The molecule has 2 aliphatic heterocycles. The molecule has 2 unspecified atom stereocenters. The van der Waals surface area contributed by atoms with Crippen LogP contribution in [0.1, 0.15) is 53.6 Å². The molecule has 0 N–H and O–H groups in total. The Morgan fingerprint density at radius 3 is 2.30 bits per heavy atom. The third-order valence-electron chi connectivity index (χ3n) is 4.99. The van der Waals surface area contributed by atoms with Crippen LogP contribution in [0.2, 0.25) is 0 Å². The van der Waals surface area contributed by atoms with Crippen LogP contribution in [-0.2, 0) is 17.0 Å². The van der Waals surface area contributed by atoms with Crippen LogP contribution in [0.3, 0.4) is 0 Å². The van der Waals surface area contributed by atoms with Crippen molar-refractivity contribution >= 4 is 16.6 Å². The van der Waals surface area contributed by atoms with E-state index in [-0.39, 0.29) is 22.2 Å². The van der Waals surface area contributed by atoms with Crippen molar-refractivity contribution < 1.29 is 22.2 Å². The van der Waals surface area contributed by atoms with Crippen molar-refractivity contribution in [2.45, 2.75) is 55.7 Å². The molecule has 2 bridgehead atoms. The molecular formula is C17H19F3O2S. The van der Waals surface area contributed by atoms with E-state index in [1.807, 2.05) is 0 Å². The first-order valence-corrected chi connectivity index (χ1v) is 9.16. The molecular weight excluding hydrogens is 325 g/mol. The lowest BCUT2D eigenvalue weighted by Gasteiger charge is -2.37. The Morgan fingerprint density at radius 2 is 1.78 bits per heavy atom. The fraction of sp³-hybridized carbons (Fsp3) is 0.588. The van der Waals surface area contributed by atoms with Crippen molar-refractivity contribution in [3.8, 4) is 0 Å². The highest BCUT2D eigenvalue weighted by Gasteiger charge is 2.41. The number of fused-ring (bicyclic) bond motifs is 2. The summed E-state index contributed by atoms with van der Waals surface area (Å²) < 4.78 is 50.4. The molecule has 2 saturated heterocycles. The predicted molar refractivity (Wildman–Crippen MR) is 82.8 cm³/mol. The highest BCUT2D eigenvalue weighted by atomic mass is 32.2. The number of rotatable bonds is 2. The summed E-state index contributed by atoms with van der Waals surface area (Å²) in [6.45, 7) is 1.55. The molecule has 1 aromatic carbocycles. The van der Waals surface area contributed by atoms with Crippen LogP contribution in [0, 0.1) is 12.8 Å². The second-order valence-corrected chi connectivity index (χ2v) is 8.55. The predicted octanol–water partition coefficient (Wildman–Crippen LogP) is 4.28. The van der Waals surface area contributed by atoms with Gasteiger partial charge in [0, 0.05) is 32.8 Å². The van der Waals surface area contributed by atoms with E-state index in [9.17, 15) is 22.2 Å². The molecule has 6 heteroatoms. The highest BCUT2D eigenvalue weighted by Crippen LogP contribution is 2.39. The van der Waals surface area contributed by atoms with Crippen molar-refractivity contribution in [3.63, 3.8) is 0 Å². The van der Waals surface area contributed by atoms with Crippen LogP contribution in [0.25, 0.3) is 0 Å². The molecule has 2 atom stereocenters. The summed E-state index contributed by atoms with van der Waals surface area (Å²) in [5.41, 5.74) is 0.00334. The number of carbonyl (C=O) groups is 1. The zero-order valence-electron chi connectivity index (χ0n) is 12.9. The SMILES string of the molecule is Cc1cc(C(F)(F)F)ccc1C(=O)C1CC2CCCC(C1)S2=O. The summed E-state index contributed by atoms with van der Waals surface area (Å²) >= 11 is 0. The minimum Gasteiger partial charge on any atom is -0.294 e. The molecule has 2 aliphatic rings. The Labute approximate surface area is 135 Å². The third-order valence-corrected chi connectivity index (χ3v) is 7.16. The average molecular weight is 344 g/mol. The number of alkyl halides is 3. The van der Waals surface area contributed by atoms with E-state index >= 15 is 0 Å². The zero-order chi connectivity index (χ0) is 16.8. The number of hydrogen-bond acceptors (Lipinski definition) is 2. The maximum absolute atomic E-state index is 12.7. The molecule has 126 valence electrons. The molecule has 2 fully saturated rings. The van der Waals surface area contributed by atoms with Crippen LogP contribution >= 0.6 is 0 Å². The van der Waals surface area contributed by atoms with E-state index in [4.69, 9.17) is 0 Å². The van der Waals surface area contributed by atoms with Crippen molar-refractivity contribution in [1.82, 2.24) is 0 Å². The maximum atomic E-state index is 12.7. The summed E-state index contributed by atoms with van der Waals surface area (Å²) in [6, 6.07) is 3.30. The molecule has 0 spiro atoms. The average Bonchev–Trinajstić information content (AvgIpc) is 2.45. The number of aryl methyl sites for hydroxylation is 1. The third kappa shape index (κ3) is 3.23. The van der Waals surface area contributed by atoms with Gasteiger partial charge in [0.2, 0.25) is 0 Å². The van der Waals surface area contributed by atoms with Gasteiger partial charge in [-0.15, -0.1) is 0 Å². The summed E-state index contributed by atoms with van der Waals surface area (Å²) in [5.74, 6) is -0.303. The van der Waals surface area contributed by atoms with Crippen molar-refractivity contribution in [3.05, 3.63) is 34.9 Å². The fourth-order valence-electron chi connectivity index (χ4n) is 3.78. The van der Waals surface area contributed by atoms with Crippen molar-refractivity contribution in [2.75, 3.05) is 0 Å².